The summed E-state index contributed by atoms with van der Waals surface area (Å²) in [6.45, 7) is 4.15. The maximum absolute atomic E-state index is 13.3. The predicted molar refractivity (Wildman–Crippen MR) is 134 cm³/mol. The molecule has 0 spiro atoms. The van der Waals surface area contributed by atoms with Gasteiger partial charge < -0.3 is 10.4 Å². The molecule has 0 aliphatic rings. The van der Waals surface area contributed by atoms with Crippen molar-refractivity contribution in [1.29, 1.82) is 0 Å². The van der Waals surface area contributed by atoms with E-state index in [0.29, 0.717) is 12.0 Å². The summed E-state index contributed by atoms with van der Waals surface area (Å²) in [5.41, 5.74) is 0.576. The van der Waals surface area contributed by atoms with E-state index in [9.17, 15) is 27.6 Å². The number of aromatic nitrogens is 1. The van der Waals surface area contributed by atoms with E-state index in [0.717, 1.165) is 29.3 Å². The highest BCUT2D eigenvalue weighted by Gasteiger charge is 2.34. The molecule has 3 N–H and O–H groups in total. The van der Waals surface area contributed by atoms with E-state index >= 15 is 0 Å². The van der Waals surface area contributed by atoms with Crippen molar-refractivity contribution in [2.75, 3.05) is 10.6 Å². The minimum atomic E-state index is -4.85. The highest BCUT2D eigenvalue weighted by Crippen LogP contribution is 2.39. The smallest absolute Gasteiger partial charge is 0.417 e. The minimum absolute atomic E-state index is 0.228. The summed E-state index contributed by atoms with van der Waals surface area (Å²) < 4.78 is 39.8. The molecule has 3 aromatic rings. The van der Waals surface area contributed by atoms with Gasteiger partial charge in [-0.1, -0.05) is 43.6 Å². The molecule has 1 heterocycles. The minimum Gasteiger partial charge on any atom is -0.465 e. The Morgan fingerprint density at radius 2 is 1.68 bits per heavy atom. The molecule has 0 aliphatic heterocycles. The van der Waals surface area contributed by atoms with E-state index in [4.69, 9.17) is 16.7 Å². The Labute approximate surface area is 215 Å². The molecule has 0 atom stereocenters. The Kier molecular flexibility index (Phi) is 8.54. The second-order valence-corrected chi connectivity index (χ2v) is 9.08. The Hall–Kier alpha value is -3.92. The number of pyridine rings is 1. The maximum Gasteiger partial charge on any atom is 0.417 e. The van der Waals surface area contributed by atoms with Gasteiger partial charge in [0, 0.05) is 17.5 Å². The number of carbonyl (C=O) groups excluding carboxylic acids is 2. The molecule has 0 fully saturated rings. The molecule has 3 rings (SSSR count). The van der Waals surface area contributed by atoms with Gasteiger partial charge in [-0.3, -0.25) is 19.9 Å². The molecule has 1 aromatic heterocycles. The summed E-state index contributed by atoms with van der Waals surface area (Å²) in [7, 11) is 0. The number of ketones is 1. The summed E-state index contributed by atoms with van der Waals surface area (Å²) >= 11 is 5.65. The normalized spacial score (nSPS) is 11.3. The van der Waals surface area contributed by atoms with Crippen LogP contribution >= 0.6 is 11.6 Å². The zero-order valence-corrected chi connectivity index (χ0v) is 20.6. The van der Waals surface area contributed by atoms with E-state index in [1.807, 2.05) is 17.4 Å². The second kappa shape index (κ2) is 11.4. The Bertz CT molecular complexity index is 1340. The molecule has 0 saturated carbocycles. The molecule has 0 radical (unpaired) electrons. The lowest BCUT2D eigenvalue weighted by atomic mass is 9.99. The SMILES string of the molecule is CC(C)Cc1cc(-c2cccc(C(=O)CC(=O)Nc3cc(C(F)(F)F)c(Cl)cc3NC(=O)O)c2)ccn1. The summed E-state index contributed by atoms with van der Waals surface area (Å²) in [4.78, 5) is 40.7. The third-order valence-corrected chi connectivity index (χ3v) is 5.51. The number of carbonyl (C=O) groups is 3. The Balaban J connectivity index is 1.81. The largest absolute Gasteiger partial charge is 0.465 e. The van der Waals surface area contributed by atoms with Gasteiger partial charge >= 0.3 is 12.3 Å². The Morgan fingerprint density at radius 1 is 1.00 bits per heavy atom. The van der Waals surface area contributed by atoms with Crippen molar-refractivity contribution < 1.29 is 32.7 Å². The number of benzene rings is 2. The number of nitrogens with one attached hydrogen (secondary N) is 2. The van der Waals surface area contributed by atoms with Gasteiger partial charge in [-0.25, -0.2) is 4.79 Å². The molecule has 0 aliphatic carbocycles. The van der Waals surface area contributed by atoms with Gasteiger partial charge in [0.15, 0.2) is 5.78 Å². The fraction of sp³-hybridized carbons (Fsp3) is 0.231. The van der Waals surface area contributed by atoms with Gasteiger partial charge in [0.25, 0.3) is 0 Å². The van der Waals surface area contributed by atoms with Crippen molar-refractivity contribution in [3.63, 3.8) is 0 Å². The third kappa shape index (κ3) is 7.53. The molecular formula is C26H23ClF3N3O4. The van der Waals surface area contributed by atoms with Crippen LogP contribution in [0.1, 0.15) is 41.9 Å². The van der Waals surface area contributed by atoms with Crippen LogP contribution in [0.2, 0.25) is 5.02 Å². The molecule has 2 aromatic carbocycles. The van der Waals surface area contributed by atoms with Gasteiger partial charge in [0.05, 0.1) is 28.4 Å². The molecular weight excluding hydrogens is 511 g/mol. The van der Waals surface area contributed by atoms with Crippen LogP contribution in [0.3, 0.4) is 0 Å². The topological polar surface area (TPSA) is 108 Å². The van der Waals surface area contributed by atoms with E-state index < -0.39 is 46.7 Å². The average molecular weight is 534 g/mol. The number of nitrogens with zero attached hydrogens (tertiary/aromatic N) is 1. The van der Waals surface area contributed by atoms with Crippen molar-refractivity contribution in [3.8, 4) is 11.1 Å². The standard InChI is InChI=1S/C26H23ClF3N3O4/c1-14(2)8-18-10-16(6-7-31-18)15-4-3-5-17(9-15)23(34)13-24(35)32-21-11-19(26(28,29)30)20(27)12-22(21)33-25(36)37/h3-7,9-12,14,33H,8,13H2,1-2H3,(H,32,35)(H,36,37). The van der Waals surface area contributed by atoms with Crippen LogP contribution in [0.15, 0.2) is 54.7 Å². The van der Waals surface area contributed by atoms with Crippen LogP contribution in [-0.2, 0) is 17.4 Å². The molecule has 37 heavy (non-hydrogen) atoms. The van der Waals surface area contributed by atoms with E-state index in [1.165, 1.54) is 6.07 Å². The van der Waals surface area contributed by atoms with Crippen molar-refractivity contribution in [3.05, 3.63) is 76.6 Å². The van der Waals surface area contributed by atoms with E-state index in [-0.39, 0.29) is 11.3 Å². The number of amides is 2. The van der Waals surface area contributed by atoms with Crippen molar-refractivity contribution in [2.45, 2.75) is 32.9 Å². The summed E-state index contributed by atoms with van der Waals surface area (Å²) in [6, 6.07) is 11.6. The lowest BCUT2D eigenvalue weighted by Gasteiger charge is -2.16. The van der Waals surface area contributed by atoms with Crippen molar-refractivity contribution >= 4 is 40.8 Å². The third-order valence-electron chi connectivity index (χ3n) is 5.20. The first-order chi connectivity index (χ1) is 17.3. The van der Waals surface area contributed by atoms with Crippen LogP contribution in [0.4, 0.5) is 29.3 Å². The molecule has 0 bridgehead atoms. The van der Waals surface area contributed by atoms with Gasteiger partial charge in [-0.2, -0.15) is 13.2 Å². The molecule has 194 valence electrons. The monoisotopic (exact) mass is 533 g/mol. The first kappa shape index (κ1) is 27.7. The number of Topliss-reactive ketones (excluding diaryl/α,β-unsaturated/α-hetero) is 1. The lowest BCUT2D eigenvalue weighted by Crippen LogP contribution is -2.19. The number of rotatable bonds is 8. The number of hydrogen-bond acceptors (Lipinski definition) is 4. The fourth-order valence-corrected chi connectivity index (χ4v) is 3.89. The zero-order valence-electron chi connectivity index (χ0n) is 19.8. The quantitative estimate of drug-likeness (QED) is 0.215. The van der Waals surface area contributed by atoms with E-state index in [2.05, 4.69) is 24.1 Å². The first-order valence-electron chi connectivity index (χ1n) is 11.1. The molecule has 2 amide bonds. The zero-order chi connectivity index (χ0) is 27.3. The Morgan fingerprint density at radius 3 is 2.32 bits per heavy atom. The fourth-order valence-electron chi connectivity index (χ4n) is 3.61. The molecule has 7 nitrogen and oxygen atoms in total. The number of halogens is 4. The molecule has 0 saturated heterocycles. The predicted octanol–water partition coefficient (Wildman–Crippen LogP) is 6.92. The van der Waals surface area contributed by atoms with Crippen LogP contribution in [0.5, 0.6) is 0 Å². The summed E-state index contributed by atoms with van der Waals surface area (Å²) in [5.74, 6) is -1.09. The van der Waals surface area contributed by atoms with Gasteiger partial charge in [0.2, 0.25) is 5.91 Å². The van der Waals surface area contributed by atoms with Crippen LogP contribution in [-0.4, -0.2) is 27.9 Å². The van der Waals surface area contributed by atoms with Gasteiger partial charge in [0.1, 0.15) is 0 Å². The van der Waals surface area contributed by atoms with Crippen molar-refractivity contribution in [1.82, 2.24) is 4.98 Å². The average Bonchev–Trinajstić information content (AvgIpc) is 2.79. The van der Waals surface area contributed by atoms with Crippen LogP contribution in [0, 0.1) is 5.92 Å². The number of hydrogen-bond donors (Lipinski definition) is 3. The molecule has 0 unspecified atom stereocenters. The van der Waals surface area contributed by atoms with E-state index in [1.54, 1.807) is 24.4 Å². The van der Waals surface area contributed by atoms with Crippen LogP contribution < -0.4 is 10.6 Å². The number of anilines is 2. The highest BCUT2D eigenvalue weighted by atomic mass is 35.5. The second-order valence-electron chi connectivity index (χ2n) is 8.67. The maximum atomic E-state index is 13.3. The summed E-state index contributed by atoms with van der Waals surface area (Å²) in [6.07, 6.45) is -4.65. The number of alkyl halides is 3. The summed E-state index contributed by atoms with van der Waals surface area (Å²) in [5, 5.41) is 12.3. The van der Waals surface area contributed by atoms with Crippen molar-refractivity contribution in [2.24, 2.45) is 5.92 Å². The number of carboxylic acid groups (broad SMARTS) is 1. The highest BCUT2D eigenvalue weighted by molar-refractivity contribution is 6.32. The van der Waals surface area contributed by atoms with Crippen LogP contribution in [0.25, 0.3) is 11.1 Å². The van der Waals surface area contributed by atoms with Gasteiger partial charge in [-0.15, -0.1) is 0 Å². The molecule has 11 heteroatoms. The lowest BCUT2D eigenvalue weighted by molar-refractivity contribution is -0.137. The first-order valence-corrected chi connectivity index (χ1v) is 11.5. The van der Waals surface area contributed by atoms with Gasteiger partial charge in [-0.05, 0) is 53.8 Å².